The van der Waals surface area contributed by atoms with Gasteiger partial charge in [0.1, 0.15) is 5.00 Å². The summed E-state index contributed by atoms with van der Waals surface area (Å²) in [5.74, 6) is -0.358. The molecular weight excluding hydrogens is 404 g/mol. The summed E-state index contributed by atoms with van der Waals surface area (Å²) < 4.78 is 7.11. The Hall–Kier alpha value is -2.71. The largest absolute Gasteiger partial charge is 0.462 e. The van der Waals surface area contributed by atoms with E-state index in [2.05, 4.69) is 27.9 Å². The lowest BCUT2D eigenvalue weighted by Gasteiger charge is -2.10. The van der Waals surface area contributed by atoms with Crippen molar-refractivity contribution in [2.45, 2.75) is 33.7 Å². The lowest BCUT2D eigenvalue weighted by Crippen LogP contribution is -2.20. The van der Waals surface area contributed by atoms with Crippen LogP contribution in [0.1, 0.15) is 40.3 Å². The smallest absolute Gasteiger partial charge is 0.341 e. The summed E-state index contributed by atoms with van der Waals surface area (Å²) in [4.78, 5) is 13.5. The number of anilines is 2. The van der Waals surface area contributed by atoms with Crippen LogP contribution in [0.2, 0.25) is 0 Å². The van der Waals surface area contributed by atoms with Crippen molar-refractivity contribution in [3.8, 4) is 0 Å². The maximum absolute atomic E-state index is 12.4. The van der Waals surface area contributed by atoms with Gasteiger partial charge in [-0.2, -0.15) is 5.10 Å². The molecule has 152 valence electrons. The number of nitrogens with zero attached hydrogens (tertiary/aromatic N) is 2. The van der Waals surface area contributed by atoms with Gasteiger partial charge in [-0.25, -0.2) is 4.79 Å². The minimum Gasteiger partial charge on any atom is -0.462 e. The first-order chi connectivity index (χ1) is 14.0. The van der Waals surface area contributed by atoms with Gasteiger partial charge in [0.2, 0.25) is 0 Å². The second-order valence-electron chi connectivity index (χ2n) is 6.38. The van der Waals surface area contributed by atoms with Crippen molar-refractivity contribution >= 4 is 45.3 Å². The molecule has 2 N–H and O–H groups in total. The van der Waals surface area contributed by atoms with Crippen LogP contribution < -0.4 is 10.6 Å². The first kappa shape index (κ1) is 21.0. The Kier molecular flexibility index (Phi) is 7.00. The minimum absolute atomic E-state index is 0.320. The van der Waals surface area contributed by atoms with Gasteiger partial charge in [0.25, 0.3) is 0 Å². The number of carbonyl (C=O) groups excluding carboxylic acids is 1. The van der Waals surface area contributed by atoms with Crippen molar-refractivity contribution < 1.29 is 9.53 Å². The molecule has 6 nitrogen and oxygen atoms in total. The second-order valence-corrected chi connectivity index (χ2v) is 7.92. The maximum atomic E-state index is 12.4. The van der Waals surface area contributed by atoms with E-state index in [-0.39, 0.29) is 5.97 Å². The molecule has 0 aliphatic carbocycles. The second kappa shape index (κ2) is 9.67. The Morgan fingerprint density at radius 2 is 2.00 bits per heavy atom. The number of thiophene rings is 1. The van der Waals surface area contributed by atoms with Crippen LogP contribution in [0.5, 0.6) is 0 Å². The van der Waals surface area contributed by atoms with Crippen LogP contribution >= 0.6 is 23.6 Å². The molecule has 0 spiro atoms. The highest BCUT2D eigenvalue weighted by Gasteiger charge is 2.19. The molecule has 3 aromatic rings. The third-order valence-electron chi connectivity index (χ3n) is 4.38. The van der Waals surface area contributed by atoms with E-state index in [1.807, 2.05) is 42.8 Å². The third kappa shape index (κ3) is 5.21. The molecule has 0 unspecified atom stereocenters. The zero-order chi connectivity index (χ0) is 20.8. The Balaban J connectivity index is 1.79. The number of nitrogens with one attached hydrogen (secondary N) is 2. The summed E-state index contributed by atoms with van der Waals surface area (Å²) in [5, 5.41) is 11.7. The molecule has 2 heterocycles. The lowest BCUT2D eigenvalue weighted by molar-refractivity contribution is 0.0528. The summed E-state index contributed by atoms with van der Waals surface area (Å²) in [6.07, 6.45) is 2.48. The monoisotopic (exact) mass is 428 g/mol. The quantitative estimate of drug-likeness (QED) is 0.414. The zero-order valence-corrected chi connectivity index (χ0v) is 18.3. The van der Waals surface area contributed by atoms with E-state index in [9.17, 15) is 4.79 Å². The average Bonchev–Trinajstić information content (AvgIpc) is 3.26. The van der Waals surface area contributed by atoms with Crippen LogP contribution in [0.3, 0.4) is 0 Å². The summed E-state index contributed by atoms with van der Waals surface area (Å²) in [7, 11) is 0. The maximum Gasteiger partial charge on any atom is 0.341 e. The predicted octanol–water partition coefficient (Wildman–Crippen LogP) is 4.85. The number of ether oxygens (including phenoxy) is 1. The predicted molar refractivity (Wildman–Crippen MR) is 122 cm³/mol. The highest BCUT2D eigenvalue weighted by molar-refractivity contribution is 7.80. The van der Waals surface area contributed by atoms with Crippen LogP contribution in [0.25, 0.3) is 0 Å². The Morgan fingerprint density at radius 1 is 1.24 bits per heavy atom. The molecule has 0 radical (unpaired) electrons. The van der Waals surface area contributed by atoms with E-state index in [1.54, 1.807) is 13.1 Å². The number of carbonyl (C=O) groups is 1. The van der Waals surface area contributed by atoms with Gasteiger partial charge in [0, 0.05) is 17.8 Å². The zero-order valence-electron chi connectivity index (χ0n) is 16.7. The van der Waals surface area contributed by atoms with Crippen molar-refractivity contribution in [3.05, 3.63) is 64.3 Å². The molecule has 0 aliphatic heterocycles. The SMILES string of the molecule is CCOC(=O)c1cc(Cc2ccccc2)sc1NC(=S)Nc1cnn(CC)c1C. The van der Waals surface area contributed by atoms with E-state index in [0.29, 0.717) is 22.3 Å². The summed E-state index contributed by atoms with van der Waals surface area (Å²) in [6, 6.07) is 12.0. The molecule has 0 saturated carbocycles. The van der Waals surface area contributed by atoms with Gasteiger partial charge in [-0.05, 0) is 44.6 Å². The molecular formula is C21H24N4O2S2. The number of rotatable bonds is 7. The van der Waals surface area contributed by atoms with Crippen molar-refractivity contribution in [1.29, 1.82) is 0 Å². The van der Waals surface area contributed by atoms with Gasteiger partial charge in [0.05, 0.1) is 29.7 Å². The molecule has 8 heteroatoms. The van der Waals surface area contributed by atoms with Crippen LogP contribution in [0.15, 0.2) is 42.6 Å². The number of aryl methyl sites for hydroxylation is 1. The van der Waals surface area contributed by atoms with Crippen LogP contribution in [0, 0.1) is 6.92 Å². The number of hydrogen-bond acceptors (Lipinski definition) is 5. The van der Waals surface area contributed by atoms with Gasteiger partial charge in [-0.3, -0.25) is 4.68 Å². The highest BCUT2D eigenvalue weighted by atomic mass is 32.1. The van der Waals surface area contributed by atoms with Crippen molar-refractivity contribution in [3.63, 3.8) is 0 Å². The van der Waals surface area contributed by atoms with Crippen LogP contribution in [-0.4, -0.2) is 27.5 Å². The lowest BCUT2D eigenvalue weighted by atomic mass is 10.1. The minimum atomic E-state index is -0.358. The first-order valence-electron chi connectivity index (χ1n) is 9.46. The van der Waals surface area contributed by atoms with E-state index >= 15 is 0 Å². The molecule has 2 aromatic heterocycles. The van der Waals surface area contributed by atoms with Crippen molar-refractivity contribution in [2.75, 3.05) is 17.2 Å². The van der Waals surface area contributed by atoms with Gasteiger partial charge in [0.15, 0.2) is 5.11 Å². The van der Waals surface area contributed by atoms with Gasteiger partial charge in [-0.15, -0.1) is 11.3 Å². The van der Waals surface area contributed by atoms with E-state index in [4.69, 9.17) is 17.0 Å². The molecule has 3 rings (SSSR count). The summed E-state index contributed by atoms with van der Waals surface area (Å²) >= 11 is 6.97. The Bertz CT molecular complexity index is 996. The topological polar surface area (TPSA) is 68.2 Å². The summed E-state index contributed by atoms with van der Waals surface area (Å²) in [5.41, 5.74) is 3.51. The molecule has 0 fully saturated rings. The van der Waals surface area contributed by atoms with Crippen LogP contribution in [0.4, 0.5) is 10.7 Å². The Labute approximate surface area is 179 Å². The molecule has 1 aromatic carbocycles. The summed E-state index contributed by atoms with van der Waals surface area (Å²) in [6.45, 7) is 6.91. The average molecular weight is 429 g/mol. The van der Waals surface area contributed by atoms with Gasteiger partial charge < -0.3 is 15.4 Å². The molecule has 29 heavy (non-hydrogen) atoms. The number of hydrogen-bond donors (Lipinski definition) is 2. The van der Waals surface area contributed by atoms with Crippen molar-refractivity contribution in [2.24, 2.45) is 0 Å². The fourth-order valence-electron chi connectivity index (χ4n) is 2.92. The molecule has 0 atom stereocenters. The van der Waals surface area contributed by atoms with Gasteiger partial charge >= 0.3 is 5.97 Å². The standard InChI is InChI=1S/C21H24N4O2S2/c1-4-25-14(3)18(13-22-25)23-21(28)24-19-17(20(26)27-5-2)12-16(29-19)11-15-9-7-6-8-10-15/h6-10,12-13H,4-5,11H2,1-3H3,(H2,23,24,28). The van der Waals surface area contributed by atoms with Crippen LogP contribution in [-0.2, 0) is 17.7 Å². The number of thiocarbonyl (C=S) groups is 1. The normalized spacial score (nSPS) is 10.6. The fraction of sp³-hybridized carbons (Fsp3) is 0.286. The first-order valence-corrected chi connectivity index (χ1v) is 10.7. The highest BCUT2D eigenvalue weighted by Crippen LogP contribution is 2.31. The molecule has 0 saturated heterocycles. The number of esters is 1. The van der Waals surface area contributed by atoms with Gasteiger partial charge in [-0.1, -0.05) is 30.3 Å². The molecule has 0 amide bonds. The third-order valence-corrected chi connectivity index (χ3v) is 5.63. The fourth-order valence-corrected chi connectivity index (χ4v) is 4.28. The Morgan fingerprint density at radius 3 is 2.66 bits per heavy atom. The van der Waals surface area contributed by atoms with E-state index in [1.165, 1.54) is 16.9 Å². The van der Waals surface area contributed by atoms with E-state index < -0.39 is 0 Å². The number of benzene rings is 1. The number of aromatic nitrogens is 2. The van der Waals surface area contributed by atoms with Crippen molar-refractivity contribution in [1.82, 2.24) is 9.78 Å². The molecule has 0 aliphatic rings. The van der Waals surface area contributed by atoms with E-state index in [0.717, 1.165) is 29.2 Å². The molecule has 0 bridgehead atoms.